The Kier molecular flexibility index (Phi) is 7.55. The molecule has 0 unspecified atom stereocenters. The van der Waals surface area contributed by atoms with E-state index in [0.717, 1.165) is 24.7 Å². The number of hydrogen-bond donors (Lipinski definition) is 2. The minimum atomic E-state index is -1.26. The maximum absolute atomic E-state index is 9.55. The smallest absolute Gasteiger partial charge is 0.328 e. The van der Waals surface area contributed by atoms with Crippen LogP contribution >= 0.6 is 0 Å². The first-order chi connectivity index (χ1) is 10.9. The lowest BCUT2D eigenvalue weighted by molar-refractivity contribution is -0.134. The van der Waals surface area contributed by atoms with Crippen LogP contribution in [0, 0.1) is 0 Å². The molecule has 8 nitrogen and oxygen atoms in total. The number of carbonyl (C=O) groups is 2. The van der Waals surface area contributed by atoms with E-state index in [1.807, 2.05) is 12.3 Å². The molecule has 2 N–H and O–H groups in total. The fourth-order valence-corrected chi connectivity index (χ4v) is 2.01. The summed E-state index contributed by atoms with van der Waals surface area (Å²) >= 11 is 0. The molecule has 8 heteroatoms. The van der Waals surface area contributed by atoms with Crippen molar-refractivity contribution in [3.63, 3.8) is 0 Å². The summed E-state index contributed by atoms with van der Waals surface area (Å²) in [6.45, 7) is 3.24. The SMILES string of the molecule is COc1cncc(N2CCCN(C)C2)c1.O=C(O)/C=C/C(=O)O. The normalized spacial score (nSPS) is 15.0. The van der Waals surface area contributed by atoms with Crippen molar-refractivity contribution in [3.05, 3.63) is 30.6 Å². The Morgan fingerprint density at radius 2 is 1.87 bits per heavy atom. The van der Waals surface area contributed by atoms with Crippen molar-refractivity contribution in [1.82, 2.24) is 9.88 Å². The number of carboxylic acid groups (broad SMARTS) is 2. The summed E-state index contributed by atoms with van der Waals surface area (Å²) in [5.74, 6) is -1.69. The van der Waals surface area contributed by atoms with Gasteiger partial charge < -0.3 is 19.8 Å². The Balaban J connectivity index is 0.000000284. The predicted molar refractivity (Wildman–Crippen MR) is 84.7 cm³/mol. The summed E-state index contributed by atoms with van der Waals surface area (Å²) in [6.07, 6.45) is 5.94. The van der Waals surface area contributed by atoms with Crippen LogP contribution in [0.25, 0.3) is 0 Å². The second kappa shape index (κ2) is 9.42. The first kappa shape index (κ1) is 18.4. The van der Waals surface area contributed by atoms with Crippen LogP contribution in [0.4, 0.5) is 5.69 Å². The van der Waals surface area contributed by atoms with Gasteiger partial charge in [-0.05, 0) is 13.5 Å². The summed E-state index contributed by atoms with van der Waals surface area (Å²) in [5.41, 5.74) is 1.14. The average Bonchev–Trinajstić information content (AvgIpc) is 2.53. The molecule has 1 saturated heterocycles. The first-order valence-electron chi connectivity index (χ1n) is 6.99. The van der Waals surface area contributed by atoms with Gasteiger partial charge in [0, 0.05) is 31.3 Å². The van der Waals surface area contributed by atoms with Crippen LogP contribution < -0.4 is 9.64 Å². The van der Waals surface area contributed by atoms with Gasteiger partial charge in [-0.25, -0.2) is 9.59 Å². The quantitative estimate of drug-likeness (QED) is 0.788. The van der Waals surface area contributed by atoms with Gasteiger partial charge in [0.1, 0.15) is 5.75 Å². The fourth-order valence-electron chi connectivity index (χ4n) is 2.01. The van der Waals surface area contributed by atoms with Gasteiger partial charge in [-0.15, -0.1) is 0 Å². The van der Waals surface area contributed by atoms with Gasteiger partial charge in [0.2, 0.25) is 0 Å². The van der Waals surface area contributed by atoms with Gasteiger partial charge in [-0.1, -0.05) is 0 Å². The van der Waals surface area contributed by atoms with Crippen molar-refractivity contribution >= 4 is 17.6 Å². The number of rotatable bonds is 4. The Morgan fingerprint density at radius 3 is 2.39 bits per heavy atom. The van der Waals surface area contributed by atoms with E-state index in [1.165, 1.54) is 13.0 Å². The van der Waals surface area contributed by atoms with E-state index in [0.29, 0.717) is 12.2 Å². The molecule has 0 atom stereocenters. The number of pyridine rings is 1. The van der Waals surface area contributed by atoms with E-state index < -0.39 is 11.9 Å². The zero-order valence-corrected chi connectivity index (χ0v) is 13.2. The summed E-state index contributed by atoms with van der Waals surface area (Å²) in [7, 11) is 3.81. The zero-order valence-electron chi connectivity index (χ0n) is 13.2. The van der Waals surface area contributed by atoms with E-state index >= 15 is 0 Å². The lowest BCUT2D eigenvalue weighted by atomic mass is 10.2. The molecule has 1 aliphatic rings. The molecule has 0 aromatic carbocycles. The largest absolute Gasteiger partial charge is 0.495 e. The van der Waals surface area contributed by atoms with Crippen LogP contribution in [0.3, 0.4) is 0 Å². The summed E-state index contributed by atoms with van der Waals surface area (Å²) in [6, 6.07) is 2.03. The highest BCUT2D eigenvalue weighted by atomic mass is 16.5. The minimum Gasteiger partial charge on any atom is -0.495 e. The molecule has 2 rings (SSSR count). The van der Waals surface area contributed by atoms with Crippen molar-refractivity contribution < 1.29 is 24.5 Å². The third kappa shape index (κ3) is 7.28. The maximum atomic E-state index is 9.55. The topological polar surface area (TPSA) is 103 Å². The van der Waals surface area contributed by atoms with Crippen molar-refractivity contribution in [2.45, 2.75) is 6.42 Å². The van der Waals surface area contributed by atoms with Gasteiger partial charge in [-0.3, -0.25) is 9.88 Å². The van der Waals surface area contributed by atoms with Crippen molar-refractivity contribution in [2.24, 2.45) is 0 Å². The van der Waals surface area contributed by atoms with Gasteiger partial charge in [-0.2, -0.15) is 0 Å². The first-order valence-corrected chi connectivity index (χ1v) is 6.99. The second-order valence-corrected chi connectivity index (χ2v) is 4.93. The van der Waals surface area contributed by atoms with Gasteiger partial charge in [0.05, 0.1) is 31.9 Å². The van der Waals surface area contributed by atoms with Crippen molar-refractivity contribution in [3.8, 4) is 5.75 Å². The number of carboxylic acids is 2. The van der Waals surface area contributed by atoms with Crippen molar-refractivity contribution in [1.29, 1.82) is 0 Å². The Labute approximate surface area is 134 Å². The molecular weight excluding hydrogens is 302 g/mol. The highest BCUT2D eigenvalue weighted by Crippen LogP contribution is 2.21. The average molecular weight is 323 g/mol. The lowest BCUT2D eigenvalue weighted by Crippen LogP contribution is -2.42. The maximum Gasteiger partial charge on any atom is 0.328 e. The number of aromatic nitrogens is 1. The Morgan fingerprint density at radius 1 is 1.22 bits per heavy atom. The molecule has 1 aromatic heterocycles. The third-order valence-corrected chi connectivity index (χ3v) is 3.05. The molecule has 0 amide bonds. The van der Waals surface area contributed by atoms with Crippen LogP contribution in [0.1, 0.15) is 6.42 Å². The molecule has 23 heavy (non-hydrogen) atoms. The Hall–Kier alpha value is -2.61. The minimum absolute atomic E-state index is 0.558. The number of hydrogen-bond acceptors (Lipinski definition) is 6. The highest BCUT2D eigenvalue weighted by molar-refractivity contribution is 5.89. The molecule has 0 spiro atoms. The van der Waals surface area contributed by atoms with E-state index in [2.05, 4.69) is 21.8 Å². The Bertz CT molecular complexity index is 546. The zero-order chi connectivity index (χ0) is 17.2. The third-order valence-electron chi connectivity index (χ3n) is 3.05. The molecule has 0 saturated carbocycles. The van der Waals surface area contributed by atoms with E-state index in [1.54, 1.807) is 13.3 Å². The molecule has 1 aliphatic heterocycles. The number of methoxy groups -OCH3 is 1. The lowest BCUT2D eigenvalue weighted by Gasteiger charge is -2.34. The van der Waals surface area contributed by atoms with Crippen LogP contribution in [0.15, 0.2) is 30.6 Å². The van der Waals surface area contributed by atoms with Gasteiger partial charge in [0.25, 0.3) is 0 Å². The number of ether oxygens (including phenoxy) is 1. The molecule has 0 radical (unpaired) electrons. The van der Waals surface area contributed by atoms with Crippen LogP contribution in [0.2, 0.25) is 0 Å². The molecular formula is C15H21N3O5. The summed E-state index contributed by atoms with van der Waals surface area (Å²) < 4.78 is 5.17. The van der Waals surface area contributed by atoms with Crippen LogP contribution in [0.5, 0.6) is 5.75 Å². The molecule has 1 aromatic rings. The van der Waals surface area contributed by atoms with Crippen LogP contribution in [-0.4, -0.2) is 66.0 Å². The van der Waals surface area contributed by atoms with Crippen molar-refractivity contribution in [2.75, 3.05) is 38.8 Å². The number of anilines is 1. The number of aliphatic carboxylic acids is 2. The van der Waals surface area contributed by atoms with Gasteiger partial charge in [0.15, 0.2) is 0 Å². The standard InChI is InChI=1S/C11H17N3O.C4H4O4/c1-13-4-3-5-14(9-13)10-6-11(15-2)8-12-7-10;5-3(6)1-2-4(7)8/h6-8H,3-5,9H2,1-2H3;1-2H,(H,5,6)(H,7,8)/b;2-1+. The van der Waals surface area contributed by atoms with Gasteiger partial charge >= 0.3 is 11.9 Å². The monoisotopic (exact) mass is 323 g/mol. The fraction of sp³-hybridized carbons (Fsp3) is 0.400. The molecule has 2 heterocycles. The van der Waals surface area contributed by atoms with E-state index in [-0.39, 0.29) is 0 Å². The molecule has 0 aliphatic carbocycles. The van der Waals surface area contributed by atoms with E-state index in [9.17, 15) is 9.59 Å². The molecule has 1 fully saturated rings. The van der Waals surface area contributed by atoms with E-state index in [4.69, 9.17) is 14.9 Å². The summed E-state index contributed by atoms with van der Waals surface area (Å²) in [4.78, 5) is 27.9. The molecule has 0 bridgehead atoms. The predicted octanol–water partition coefficient (Wildman–Crippen LogP) is 0.901. The van der Waals surface area contributed by atoms with Crippen LogP contribution in [-0.2, 0) is 9.59 Å². The highest BCUT2D eigenvalue weighted by Gasteiger charge is 2.15. The number of nitrogens with zero attached hydrogens (tertiary/aromatic N) is 3. The second-order valence-electron chi connectivity index (χ2n) is 4.93. The molecule has 126 valence electrons. The summed E-state index contributed by atoms with van der Waals surface area (Å²) in [5, 5.41) is 15.6.